The van der Waals surface area contributed by atoms with E-state index in [4.69, 9.17) is 16.2 Å². The smallest absolute Gasteiger partial charge is 0.0670 e. The summed E-state index contributed by atoms with van der Waals surface area (Å²) >= 11 is 0. The van der Waals surface area contributed by atoms with Crippen molar-refractivity contribution in [3.8, 4) is 0 Å². The Kier molecular flexibility index (Phi) is 5.10. The van der Waals surface area contributed by atoms with Gasteiger partial charge >= 0.3 is 0 Å². The molecule has 0 radical (unpaired) electrons. The van der Waals surface area contributed by atoms with Crippen LogP contribution in [-0.2, 0) is 4.74 Å². The number of benzene rings is 1. The van der Waals surface area contributed by atoms with Crippen LogP contribution in [0.5, 0.6) is 0 Å². The highest BCUT2D eigenvalue weighted by Crippen LogP contribution is 2.21. The summed E-state index contributed by atoms with van der Waals surface area (Å²) in [5.41, 5.74) is 13.7. The van der Waals surface area contributed by atoms with Crippen molar-refractivity contribution in [2.24, 2.45) is 5.92 Å². The molecule has 96 valence electrons. The van der Waals surface area contributed by atoms with Crippen LogP contribution in [0.15, 0.2) is 18.2 Å². The quantitative estimate of drug-likeness (QED) is 0.664. The number of hydrogen-bond donors (Lipinski definition) is 3. The van der Waals surface area contributed by atoms with Crippen LogP contribution in [0.4, 0.5) is 17.1 Å². The van der Waals surface area contributed by atoms with Gasteiger partial charge in [-0.25, -0.2) is 0 Å². The molecule has 0 fully saturated rings. The lowest BCUT2D eigenvalue weighted by Crippen LogP contribution is -2.31. The number of hydrogen-bond acceptors (Lipinski definition) is 4. The molecule has 1 unspecified atom stereocenters. The van der Waals surface area contributed by atoms with Gasteiger partial charge in [-0.2, -0.15) is 0 Å². The van der Waals surface area contributed by atoms with Crippen LogP contribution < -0.4 is 16.8 Å². The van der Waals surface area contributed by atoms with Crippen molar-refractivity contribution >= 4 is 17.1 Å². The van der Waals surface area contributed by atoms with E-state index in [1.54, 1.807) is 0 Å². The molecule has 0 spiro atoms. The Balaban J connectivity index is 2.68. The zero-order valence-corrected chi connectivity index (χ0v) is 10.9. The highest BCUT2D eigenvalue weighted by Gasteiger charge is 2.13. The molecule has 0 bridgehead atoms. The summed E-state index contributed by atoms with van der Waals surface area (Å²) in [6.45, 7) is 7.75. The van der Waals surface area contributed by atoms with Gasteiger partial charge in [-0.05, 0) is 31.0 Å². The number of nitrogens with one attached hydrogen (secondary N) is 1. The van der Waals surface area contributed by atoms with E-state index in [2.05, 4.69) is 19.2 Å². The largest absolute Gasteiger partial charge is 0.397 e. The Labute approximate surface area is 103 Å². The lowest BCUT2D eigenvalue weighted by molar-refractivity contribution is 0.127. The van der Waals surface area contributed by atoms with Gasteiger partial charge in [-0.3, -0.25) is 0 Å². The molecule has 4 nitrogen and oxygen atoms in total. The number of rotatable bonds is 6. The predicted molar refractivity (Wildman–Crippen MR) is 74.0 cm³/mol. The summed E-state index contributed by atoms with van der Waals surface area (Å²) < 4.78 is 5.46. The molecule has 5 N–H and O–H groups in total. The van der Waals surface area contributed by atoms with E-state index in [0.717, 1.165) is 12.3 Å². The lowest BCUT2D eigenvalue weighted by atomic mass is 10.0. The monoisotopic (exact) mass is 237 g/mol. The van der Waals surface area contributed by atoms with Gasteiger partial charge in [0, 0.05) is 12.3 Å². The first-order valence-corrected chi connectivity index (χ1v) is 6.03. The third-order valence-corrected chi connectivity index (χ3v) is 2.75. The molecule has 1 aromatic rings. The summed E-state index contributed by atoms with van der Waals surface area (Å²) in [7, 11) is 0. The summed E-state index contributed by atoms with van der Waals surface area (Å²) in [6, 6.07) is 5.89. The van der Waals surface area contributed by atoms with Gasteiger partial charge in [-0.1, -0.05) is 13.8 Å². The number of nitrogens with two attached hydrogens (primary N) is 2. The molecular formula is C13H23N3O. The van der Waals surface area contributed by atoms with Crippen LogP contribution >= 0.6 is 0 Å². The lowest BCUT2D eigenvalue weighted by Gasteiger charge is -2.23. The topological polar surface area (TPSA) is 73.3 Å². The third-order valence-electron chi connectivity index (χ3n) is 2.75. The van der Waals surface area contributed by atoms with E-state index in [0.29, 0.717) is 23.9 Å². The van der Waals surface area contributed by atoms with Gasteiger partial charge in [0.15, 0.2) is 0 Å². The average molecular weight is 237 g/mol. The fourth-order valence-corrected chi connectivity index (χ4v) is 1.52. The number of ether oxygens (including phenoxy) is 1. The van der Waals surface area contributed by atoms with Crippen molar-refractivity contribution in [2.75, 3.05) is 30.0 Å². The highest BCUT2D eigenvalue weighted by atomic mass is 16.5. The van der Waals surface area contributed by atoms with Crippen LogP contribution in [0.2, 0.25) is 0 Å². The summed E-state index contributed by atoms with van der Waals surface area (Å²) in [5, 5.41) is 3.42. The average Bonchev–Trinajstić information content (AvgIpc) is 2.28. The van der Waals surface area contributed by atoms with Crippen LogP contribution in [-0.4, -0.2) is 19.3 Å². The second kappa shape index (κ2) is 6.35. The molecule has 0 heterocycles. The van der Waals surface area contributed by atoms with Gasteiger partial charge < -0.3 is 21.5 Å². The molecule has 0 aliphatic carbocycles. The van der Waals surface area contributed by atoms with Gasteiger partial charge in [-0.15, -0.1) is 0 Å². The van der Waals surface area contributed by atoms with E-state index >= 15 is 0 Å². The van der Waals surface area contributed by atoms with Crippen molar-refractivity contribution in [3.63, 3.8) is 0 Å². The van der Waals surface area contributed by atoms with Crippen molar-refractivity contribution < 1.29 is 4.74 Å². The zero-order chi connectivity index (χ0) is 12.8. The minimum absolute atomic E-state index is 0.276. The number of anilines is 3. The molecule has 0 amide bonds. The van der Waals surface area contributed by atoms with E-state index in [9.17, 15) is 0 Å². The molecule has 1 rings (SSSR count). The van der Waals surface area contributed by atoms with E-state index in [1.165, 1.54) is 0 Å². The molecule has 0 aliphatic heterocycles. The van der Waals surface area contributed by atoms with Crippen molar-refractivity contribution in [3.05, 3.63) is 18.2 Å². The Hall–Kier alpha value is -1.42. The highest BCUT2D eigenvalue weighted by molar-refractivity contribution is 5.69. The Bertz CT molecular complexity index is 353. The van der Waals surface area contributed by atoms with Gasteiger partial charge in [0.2, 0.25) is 0 Å². The first-order chi connectivity index (χ1) is 8.04. The molecule has 1 aromatic carbocycles. The second-order valence-corrected chi connectivity index (χ2v) is 4.50. The summed E-state index contributed by atoms with van der Waals surface area (Å²) in [6.07, 6.45) is 0. The Morgan fingerprint density at radius 1 is 1.24 bits per heavy atom. The molecule has 0 saturated carbocycles. The standard InChI is InChI=1S/C13H23N3O/c1-4-17-8-13(9(2)3)16-10-5-6-11(14)12(15)7-10/h5-7,9,13,16H,4,8,14-15H2,1-3H3. The van der Waals surface area contributed by atoms with Crippen LogP contribution in [0.25, 0.3) is 0 Å². The molecule has 0 aromatic heterocycles. The Morgan fingerprint density at radius 3 is 2.47 bits per heavy atom. The maximum absolute atomic E-state index is 5.78. The van der Waals surface area contributed by atoms with E-state index in [-0.39, 0.29) is 6.04 Å². The second-order valence-electron chi connectivity index (χ2n) is 4.50. The Morgan fingerprint density at radius 2 is 1.94 bits per heavy atom. The van der Waals surface area contributed by atoms with Crippen LogP contribution in [0.3, 0.4) is 0 Å². The molecule has 1 atom stereocenters. The van der Waals surface area contributed by atoms with Crippen molar-refractivity contribution in [2.45, 2.75) is 26.8 Å². The summed E-state index contributed by atoms with van der Waals surface area (Å²) in [4.78, 5) is 0. The molecule has 0 aliphatic rings. The SMILES string of the molecule is CCOCC(Nc1ccc(N)c(N)c1)C(C)C. The maximum atomic E-state index is 5.78. The fraction of sp³-hybridized carbons (Fsp3) is 0.538. The molecule has 17 heavy (non-hydrogen) atoms. The molecule has 4 heteroatoms. The first-order valence-electron chi connectivity index (χ1n) is 6.03. The minimum Gasteiger partial charge on any atom is -0.397 e. The predicted octanol–water partition coefficient (Wildman–Crippen LogP) is 2.32. The van der Waals surface area contributed by atoms with Gasteiger partial charge in [0.1, 0.15) is 0 Å². The zero-order valence-electron chi connectivity index (χ0n) is 10.9. The first kappa shape index (κ1) is 13.6. The fourth-order valence-electron chi connectivity index (χ4n) is 1.52. The molecular weight excluding hydrogens is 214 g/mol. The maximum Gasteiger partial charge on any atom is 0.0670 e. The van der Waals surface area contributed by atoms with Crippen molar-refractivity contribution in [1.29, 1.82) is 0 Å². The van der Waals surface area contributed by atoms with E-state index in [1.807, 2.05) is 25.1 Å². The van der Waals surface area contributed by atoms with Gasteiger partial charge in [0.05, 0.1) is 24.0 Å². The molecule has 0 saturated heterocycles. The van der Waals surface area contributed by atoms with Crippen LogP contribution in [0, 0.1) is 5.92 Å². The van der Waals surface area contributed by atoms with Gasteiger partial charge in [0.25, 0.3) is 0 Å². The third kappa shape index (κ3) is 4.15. The van der Waals surface area contributed by atoms with E-state index < -0.39 is 0 Å². The number of nitrogen functional groups attached to an aromatic ring is 2. The van der Waals surface area contributed by atoms with Crippen molar-refractivity contribution in [1.82, 2.24) is 0 Å². The normalized spacial score (nSPS) is 12.7. The van der Waals surface area contributed by atoms with Crippen LogP contribution in [0.1, 0.15) is 20.8 Å². The summed E-state index contributed by atoms with van der Waals surface area (Å²) in [5.74, 6) is 0.486. The minimum atomic E-state index is 0.276.